The van der Waals surface area contributed by atoms with E-state index in [1.54, 1.807) is 0 Å². The number of hydrogen-bond donors (Lipinski definition) is 6. The van der Waals surface area contributed by atoms with Gasteiger partial charge in [0.15, 0.2) is 0 Å². The second-order valence-electron chi connectivity index (χ2n) is 3.53. The van der Waals surface area contributed by atoms with Crippen LogP contribution in [0, 0.1) is 0 Å². The normalized spacial score (nSPS) is 14.1. The van der Waals surface area contributed by atoms with E-state index in [2.05, 4.69) is 0 Å². The molecule has 0 radical (unpaired) electrons. The third kappa shape index (κ3) is 13.1. The summed E-state index contributed by atoms with van der Waals surface area (Å²) in [7, 11) is -4.28. The maximum atomic E-state index is 10.1. The molecule has 10 heteroatoms. The van der Waals surface area contributed by atoms with Crippen LogP contribution < -0.4 is 11.5 Å². The first-order valence-electron chi connectivity index (χ1n) is 5.02. The molecule has 108 valence electrons. The summed E-state index contributed by atoms with van der Waals surface area (Å²) in [5, 5.41) is 16.3. The molecular weight excluding hydrogens is 267 g/mol. The van der Waals surface area contributed by atoms with Gasteiger partial charge >= 0.3 is 19.5 Å². The molecular formula is C8H19N2O7P. The number of aliphatic carboxylic acids is 2. The summed E-state index contributed by atoms with van der Waals surface area (Å²) in [6.45, 7) is 1.91. The molecule has 0 aliphatic rings. The van der Waals surface area contributed by atoms with E-state index in [1.165, 1.54) is 0 Å². The fourth-order valence-corrected chi connectivity index (χ4v) is 1.44. The fourth-order valence-electron chi connectivity index (χ4n) is 0.769. The molecule has 0 bridgehead atoms. The Morgan fingerprint density at radius 3 is 1.61 bits per heavy atom. The van der Waals surface area contributed by atoms with Crippen LogP contribution in [0.5, 0.6) is 0 Å². The molecule has 2 atom stereocenters. The molecule has 0 fully saturated rings. The van der Waals surface area contributed by atoms with Crippen molar-refractivity contribution in [3.8, 4) is 0 Å². The van der Waals surface area contributed by atoms with E-state index in [1.807, 2.05) is 6.92 Å². The largest absolute Gasteiger partial charge is 0.480 e. The van der Waals surface area contributed by atoms with Gasteiger partial charge in [0.2, 0.25) is 0 Å². The van der Waals surface area contributed by atoms with E-state index in [0.29, 0.717) is 6.42 Å². The van der Waals surface area contributed by atoms with Gasteiger partial charge in [0.25, 0.3) is 0 Å². The van der Waals surface area contributed by atoms with Crippen LogP contribution in [0.2, 0.25) is 0 Å². The second-order valence-corrected chi connectivity index (χ2v) is 5.22. The van der Waals surface area contributed by atoms with Gasteiger partial charge in [-0.25, -0.2) is 0 Å². The average molecular weight is 286 g/mol. The molecule has 9 nitrogen and oxygen atoms in total. The average Bonchev–Trinajstić information content (AvgIpc) is 2.16. The third-order valence-electron chi connectivity index (χ3n) is 1.67. The van der Waals surface area contributed by atoms with E-state index in [4.69, 9.17) is 31.5 Å². The van der Waals surface area contributed by atoms with Crippen molar-refractivity contribution < 1.29 is 34.2 Å². The molecule has 0 amide bonds. The third-order valence-corrected chi connectivity index (χ3v) is 2.54. The maximum absolute atomic E-state index is 10.1. The van der Waals surface area contributed by atoms with E-state index in [-0.39, 0.29) is 0 Å². The lowest BCUT2D eigenvalue weighted by Gasteiger charge is -2.06. The topological polar surface area (TPSA) is 184 Å². The highest BCUT2D eigenvalue weighted by atomic mass is 31.2. The summed E-state index contributed by atoms with van der Waals surface area (Å²) < 4.78 is 10.1. The molecule has 0 saturated heterocycles. The van der Waals surface area contributed by atoms with Gasteiger partial charge in [0.05, 0.1) is 6.16 Å². The van der Waals surface area contributed by atoms with E-state index >= 15 is 0 Å². The molecule has 0 aliphatic carbocycles. The van der Waals surface area contributed by atoms with E-state index in [0.717, 1.165) is 6.42 Å². The Hall–Kier alpha value is -0.990. The molecule has 0 aliphatic heterocycles. The summed E-state index contributed by atoms with van der Waals surface area (Å²) in [6.07, 6.45) is 0.575. The summed E-state index contributed by atoms with van der Waals surface area (Å²) in [5.41, 5.74) is 9.94. The van der Waals surface area contributed by atoms with Gasteiger partial charge in [0, 0.05) is 0 Å². The molecule has 0 aromatic carbocycles. The second kappa shape index (κ2) is 9.01. The number of carboxylic acid groups (broad SMARTS) is 2. The number of rotatable bonds is 6. The predicted molar refractivity (Wildman–Crippen MR) is 63.0 cm³/mol. The van der Waals surface area contributed by atoms with Crippen LogP contribution >= 0.6 is 7.60 Å². The number of nitrogens with two attached hydrogens (primary N) is 2. The van der Waals surface area contributed by atoms with Crippen LogP contribution in [0.25, 0.3) is 0 Å². The standard InChI is InChI=1S/C5H11NO2.C3H8NO5P/c1-2-3-4(6)5(7)8;4-2(3(5)6)1-10(7,8)9/h4H,2-3,6H2,1H3,(H,7,8);2H,1,4H2,(H,5,6)(H2,7,8,9). The number of carboxylic acids is 2. The summed E-state index contributed by atoms with van der Waals surface area (Å²) >= 11 is 0. The first kappa shape index (κ1) is 19.4. The number of carbonyl (C=O) groups is 2. The van der Waals surface area contributed by atoms with Crippen LogP contribution in [0.4, 0.5) is 0 Å². The van der Waals surface area contributed by atoms with Crippen LogP contribution in [-0.2, 0) is 14.2 Å². The Balaban J connectivity index is 0. The van der Waals surface area contributed by atoms with Gasteiger partial charge < -0.3 is 31.5 Å². The Kier molecular flexibility index (Phi) is 9.69. The lowest BCUT2D eigenvalue weighted by Crippen LogP contribution is -2.33. The molecule has 0 rings (SSSR count). The molecule has 0 aromatic heterocycles. The predicted octanol–water partition coefficient (Wildman–Crippen LogP) is -1.23. The minimum absolute atomic E-state index is 0.565. The minimum atomic E-state index is -4.28. The van der Waals surface area contributed by atoms with Crippen molar-refractivity contribution >= 4 is 19.5 Å². The van der Waals surface area contributed by atoms with Crippen molar-refractivity contribution in [3.05, 3.63) is 0 Å². The summed E-state index contributed by atoms with van der Waals surface area (Å²) in [4.78, 5) is 36.3. The number of hydrogen-bond acceptors (Lipinski definition) is 5. The highest BCUT2D eigenvalue weighted by molar-refractivity contribution is 7.51. The van der Waals surface area contributed by atoms with Gasteiger partial charge in [-0.15, -0.1) is 0 Å². The zero-order chi connectivity index (χ0) is 14.9. The first-order valence-corrected chi connectivity index (χ1v) is 6.82. The molecule has 2 unspecified atom stereocenters. The summed E-state index contributed by atoms with van der Waals surface area (Å²) in [5.74, 6) is -2.32. The molecule has 18 heavy (non-hydrogen) atoms. The molecule has 0 aromatic rings. The maximum Gasteiger partial charge on any atom is 0.327 e. The molecule has 0 spiro atoms. The Labute approximate surface area is 104 Å². The van der Waals surface area contributed by atoms with Crippen LogP contribution in [0.15, 0.2) is 0 Å². The Morgan fingerprint density at radius 2 is 1.50 bits per heavy atom. The van der Waals surface area contributed by atoms with Crippen molar-refractivity contribution in [2.24, 2.45) is 11.5 Å². The van der Waals surface area contributed by atoms with E-state index in [9.17, 15) is 14.2 Å². The van der Waals surface area contributed by atoms with Crippen molar-refractivity contribution in [2.45, 2.75) is 31.8 Å². The van der Waals surface area contributed by atoms with Gasteiger partial charge in [0.1, 0.15) is 12.1 Å². The zero-order valence-corrected chi connectivity index (χ0v) is 10.8. The summed E-state index contributed by atoms with van der Waals surface area (Å²) in [6, 6.07) is -2.15. The lowest BCUT2D eigenvalue weighted by atomic mass is 10.2. The minimum Gasteiger partial charge on any atom is -0.480 e. The van der Waals surface area contributed by atoms with Crippen molar-refractivity contribution in [2.75, 3.05) is 6.16 Å². The highest BCUT2D eigenvalue weighted by Gasteiger charge is 2.23. The quantitative estimate of drug-likeness (QED) is 0.325. The monoisotopic (exact) mass is 286 g/mol. The van der Waals surface area contributed by atoms with Crippen molar-refractivity contribution in [1.82, 2.24) is 0 Å². The molecule has 0 heterocycles. The van der Waals surface area contributed by atoms with Crippen LogP contribution in [0.1, 0.15) is 19.8 Å². The fraction of sp³-hybridized carbons (Fsp3) is 0.750. The van der Waals surface area contributed by atoms with Gasteiger partial charge in [-0.1, -0.05) is 13.3 Å². The Morgan fingerprint density at radius 1 is 1.11 bits per heavy atom. The van der Waals surface area contributed by atoms with E-state index < -0.39 is 37.8 Å². The smallest absolute Gasteiger partial charge is 0.327 e. The zero-order valence-electron chi connectivity index (χ0n) is 9.89. The van der Waals surface area contributed by atoms with Crippen molar-refractivity contribution in [1.29, 1.82) is 0 Å². The highest BCUT2D eigenvalue weighted by Crippen LogP contribution is 2.34. The van der Waals surface area contributed by atoms with Crippen LogP contribution in [0.3, 0.4) is 0 Å². The lowest BCUT2D eigenvalue weighted by molar-refractivity contribution is -0.139. The Bertz CT molecular complexity index is 317. The van der Waals surface area contributed by atoms with Gasteiger partial charge in [-0.3, -0.25) is 14.2 Å². The van der Waals surface area contributed by atoms with Crippen LogP contribution in [-0.4, -0.2) is 50.2 Å². The SMILES string of the molecule is CCCC(N)C(=O)O.NC(CP(=O)(O)O)C(=O)O. The van der Waals surface area contributed by atoms with Gasteiger partial charge in [-0.2, -0.15) is 0 Å². The molecule has 0 saturated carbocycles. The molecule has 8 N–H and O–H groups in total. The first-order chi connectivity index (χ1) is 8.01. The van der Waals surface area contributed by atoms with Crippen molar-refractivity contribution in [3.63, 3.8) is 0 Å². The van der Waals surface area contributed by atoms with Gasteiger partial charge in [-0.05, 0) is 6.42 Å².